The molecular formula is C17H18ClN3O2. The van der Waals surface area contributed by atoms with Gasteiger partial charge in [0.25, 0.3) is 0 Å². The van der Waals surface area contributed by atoms with Crippen LogP contribution in [0.15, 0.2) is 48.8 Å². The number of hydrogen-bond donors (Lipinski definition) is 2. The van der Waals surface area contributed by atoms with Crippen LogP contribution >= 0.6 is 11.6 Å². The Bertz CT molecular complexity index is 659. The topological polar surface area (TPSA) is 71.1 Å². The van der Waals surface area contributed by atoms with E-state index in [4.69, 9.17) is 11.6 Å². The first-order valence-electron chi connectivity index (χ1n) is 7.23. The average molecular weight is 332 g/mol. The fourth-order valence-electron chi connectivity index (χ4n) is 2.15. The minimum atomic E-state index is -0.387. The van der Waals surface area contributed by atoms with Crippen LogP contribution in [0.4, 0.5) is 0 Å². The maximum atomic E-state index is 12.1. The molecule has 1 heterocycles. The SMILES string of the molecule is CC(=O)NC(CC(=O)NCc1ccncc1)c1ccc(Cl)cc1. The molecule has 0 aliphatic heterocycles. The lowest BCUT2D eigenvalue weighted by Gasteiger charge is -2.18. The van der Waals surface area contributed by atoms with Crippen molar-refractivity contribution in [2.24, 2.45) is 0 Å². The molecule has 0 fully saturated rings. The van der Waals surface area contributed by atoms with Crippen LogP contribution in [-0.2, 0) is 16.1 Å². The van der Waals surface area contributed by atoms with Crippen molar-refractivity contribution < 1.29 is 9.59 Å². The zero-order valence-corrected chi connectivity index (χ0v) is 13.5. The zero-order chi connectivity index (χ0) is 16.7. The number of carbonyl (C=O) groups is 2. The highest BCUT2D eigenvalue weighted by Gasteiger charge is 2.17. The van der Waals surface area contributed by atoms with Crippen LogP contribution in [-0.4, -0.2) is 16.8 Å². The van der Waals surface area contributed by atoms with E-state index in [0.717, 1.165) is 11.1 Å². The van der Waals surface area contributed by atoms with Gasteiger partial charge in [0.15, 0.2) is 0 Å². The summed E-state index contributed by atoms with van der Waals surface area (Å²) in [7, 11) is 0. The quantitative estimate of drug-likeness (QED) is 0.854. The molecule has 0 saturated heterocycles. The van der Waals surface area contributed by atoms with Gasteiger partial charge in [-0.25, -0.2) is 0 Å². The van der Waals surface area contributed by atoms with Gasteiger partial charge in [0, 0.05) is 30.9 Å². The van der Waals surface area contributed by atoms with Crippen molar-refractivity contribution in [1.82, 2.24) is 15.6 Å². The third-order valence-electron chi connectivity index (χ3n) is 3.28. The minimum Gasteiger partial charge on any atom is -0.352 e. The summed E-state index contributed by atoms with van der Waals surface area (Å²) in [4.78, 5) is 27.5. The maximum absolute atomic E-state index is 12.1. The standard InChI is InChI=1S/C17H18ClN3O2/c1-12(22)21-16(14-2-4-15(18)5-3-14)10-17(23)20-11-13-6-8-19-9-7-13/h2-9,16H,10-11H2,1H3,(H,20,23)(H,21,22). The van der Waals surface area contributed by atoms with Gasteiger partial charge in [-0.1, -0.05) is 23.7 Å². The van der Waals surface area contributed by atoms with E-state index in [1.54, 1.807) is 36.7 Å². The Kier molecular flexibility index (Phi) is 6.11. The van der Waals surface area contributed by atoms with E-state index in [2.05, 4.69) is 15.6 Å². The smallest absolute Gasteiger partial charge is 0.222 e. The molecule has 0 saturated carbocycles. The Morgan fingerprint density at radius 1 is 1.13 bits per heavy atom. The van der Waals surface area contributed by atoms with Crippen LogP contribution in [0.3, 0.4) is 0 Å². The van der Waals surface area contributed by atoms with Crippen molar-refractivity contribution in [2.75, 3.05) is 0 Å². The molecule has 0 bridgehead atoms. The Morgan fingerprint density at radius 2 is 1.78 bits per heavy atom. The number of amides is 2. The first kappa shape index (κ1) is 17.0. The Balaban J connectivity index is 1.98. The van der Waals surface area contributed by atoms with Crippen molar-refractivity contribution in [1.29, 1.82) is 0 Å². The fourth-order valence-corrected chi connectivity index (χ4v) is 2.28. The molecule has 1 unspecified atom stereocenters. The minimum absolute atomic E-state index is 0.143. The van der Waals surface area contributed by atoms with Gasteiger partial charge in [0.2, 0.25) is 11.8 Å². The van der Waals surface area contributed by atoms with Gasteiger partial charge in [-0.2, -0.15) is 0 Å². The van der Waals surface area contributed by atoms with Gasteiger partial charge >= 0.3 is 0 Å². The molecule has 120 valence electrons. The molecule has 2 aromatic rings. The van der Waals surface area contributed by atoms with E-state index < -0.39 is 0 Å². The van der Waals surface area contributed by atoms with Crippen molar-refractivity contribution in [2.45, 2.75) is 25.9 Å². The zero-order valence-electron chi connectivity index (χ0n) is 12.8. The summed E-state index contributed by atoms with van der Waals surface area (Å²) in [5.74, 6) is -0.331. The van der Waals surface area contributed by atoms with Gasteiger partial charge in [-0.15, -0.1) is 0 Å². The highest BCUT2D eigenvalue weighted by Crippen LogP contribution is 2.19. The fraction of sp³-hybridized carbons (Fsp3) is 0.235. The van der Waals surface area contributed by atoms with Crippen LogP contribution in [0.2, 0.25) is 5.02 Å². The van der Waals surface area contributed by atoms with Crippen molar-refractivity contribution in [3.8, 4) is 0 Å². The second kappa shape index (κ2) is 8.29. The van der Waals surface area contributed by atoms with E-state index in [9.17, 15) is 9.59 Å². The molecule has 2 N–H and O–H groups in total. The predicted octanol–water partition coefficient (Wildman–Crippen LogP) is 2.62. The number of pyridine rings is 1. The van der Waals surface area contributed by atoms with Gasteiger partial charge in [0.05, 0.1) is 12.5 Å². The average Bonchev–Trinajstić information content (AvgIpc) is 2.53. The molecule has 1 aromatic heterocycles. The summed E-state index contributed by atoms with van der Waals surface area (Å²) in [5, 5.41) is 6.24. The first-order chi connectivity index (χ1) is 11.0. The Labute approximate surface area is 140 Å². The molecule has 6 heteroatoms. The highest BCUT2D eigenvalue weighted by atomic mass is 35.5. The lowest BCUT2D eigenvalue weighted by molar-refractivity contribution is -0.122. The number of aromatic nitrogens is 1. The van der Waals surface area contributed by atoms with Crippen LogP contribution < -0.4 is 10.6 Å². The Morgan fingerprint density at radius 3 is 2.39 bits per heavy atom. The second-order valence-electron chi connectivity index (χ2n) is 5.14. The molecule has 1 aromatic carbocycles. The molecule has 2 rings (SSSR count). The van der Waals surface area contributed by atoms with Crippen molar-refractivity contribution >= 4 is 23.4 Å². The molecule has 23 heavy (non-hydrogen) atoms. The van der Waals surface area contributed by atoms with E-state index in [1.165, 1.54) is 6.92 Å². The summed E-state index contributed by atoms with van der Waals surface area (Å²) < 4.78 is 0. The molecule has 5 nitrogen and oxygen atoms in total. The van der Waals surface area contributed by atoms with E-state index in [-0.39, 0.29) is 24.3 Å². The summed E-state index contributed by atoms with van der Waals surface area (Å²) in [5.41, 5.74) is 1.81. The van der Waals surface area contributed by atoms with Crippen molar-refractivity contribution in [3.05, 3.63) is 64.9 Å². The van der Waals surface area contributed by atoms with Gasteiger partial charge in [-0.05, 0) is 35.4 Å². The monoisotopic (exact) mass is 331 g/mol. The third kappa shape index (κ3) is 5.71. The molecule has 2 amide bonds. The van der Waals surface area contributed by atoms with Gasteiger partial charge < -0.3 is 10.6 Å². The number of nitrogens with zero attached hydrogens (tertiary/aromatic N) is 1. The second-order valence-corrected chi connectivity index (χ2v) is 5.58. The predicted molar refractivity (Wildman–Crippen MR) is 88.7 cm³/mol. The number of benzene rings is 1. The molecular weight excluding hydrogens is 314 g/mol. The molecule has 1 atom stereocenters. The van der Waals surface area contributed by atoms with E-state index in [1.807, 2.05) is 12.1 Å². The normalized spacial score (nSPS) is 11.6. The van der Waals surface area contributed by atoms with Gasteiger partial charge in [-0.3, -0.25) is 14.6 Å². The lowest BCUT2D eigenvalue weighted by atomic mass is 10.0. The Hall–Kier alpha value is -2.40. The molecule has 0 spiro atoms. The molecule has 0 aliphatic carbocycles. The molecule has 0 radical (unpaired) electrons. The van der Waals surface area contributed by atoms with E-state index in [0.29, 0.717) is 11.6 Å². The highest BCUT2D eigenvalue weighted by molar-refractivity contribution is 6.30. The third-order valence-corrected chi connectivity index (χ3v) is 3.53. The maximum Gasteiger partial charge on any atom is 0.222 e. The number of halogens is 1. The van der Waals surface area contributed by atoms with Crippen LogP contribution in [0.5, 0.6) is 0 Å². The summed E-state index contributed by atoms with van der Waals surface area (Å²) in [6, 6.07) is 10.4. The van der Waals surface area contributed by atoms with Crippen LogP contribution in [0, 0.1) is 0 Å². The number of carbonyl (C=O) groups excluding carboxylic acids is 2. The first-order valence-corrected chi connectivity index (χ1v) is 7.60. The largest absolute Gasteiger partial charge is 0.352 e. The summed E-state index contributed by atoms with van der Waals surface area (Å²) >= 11 is 5.87. The number of nitrogens with one attached hydrogen (secondary N) is 2. The number of hydrogen-bond acceptors (Lipinski definition) is 3. The van der Waals surface area contributed by atoms with Crippen molar-refractivity contribution in [3.63, 3.8) is 0 Å². The van der Waals surface area contributed by atoms with Crippen LogP contribution in [0.1, 0.15) is 30.5 Å². The summed E-state index contributed by atoms with van der Waals surface area (Å²) in [6.45, 7) is 1.85. The van der Waals surface area contributed by atoms with Crippen LogP contribution in [0.25, 0.3) is 0 Å². The molecule has 0 aliphatic rings. The summed E-state index contributed by atoms with van der Waals surface area (Å²) in [6.07, 6.45) is 3.51. The van der Waals surface area contributed by atoms with Gasteiger partial charge in [0.1, 0.15) is 0 Å². The lowest BCUT2D eigenvalue weighted by Crippen LogP contribution is -2.32. The van der Waals surface area contributed by atoms with E-state index >= 15 is 0 Å². The number of rotatable bonds is 6.